The van der Waals surface area contributed by atoms with E-state index in [2.05, 4.69) is 0 Å². The molecular weight excluding hydrogens is 888 g/mol. The second-order valence-corrected chi connectivity index (χ2v) is 20.1. The molecule has 3 fully saturated rings. The second kappa shape index (κ2) is 18.9. The topological polar surface area (TPSA) is 201 Å². The van der Waals surface area contributed by atoms with Crippen LogP contribution in [0.25, 0.3) is 0 Å². The molecule has 336 valence electrons. The molecule has 2 saturated carbocycles. The number of carbonyl (C=O) groups is 5. The third kappa shape index (κ3) is 8.78. The minimum absolute atomic E-state index is 0.0381. The second-order valence-electron chi connectivity index (χ2n) is 16.8. The highest BCUT2D eigenvalue weighted by Gasteiger charge is 2.78. The first-order valence-corrected chi connectivity index (χ1v) is 23.1. The molecule has 6 unspecified atom stereocenters. The molecule has 0 radical (unpaired) electrons. The van der Waals surface area contributed by atoms with Gasteiger partial charge in [0.15, 0.2) is 11.4 Å². The standard InChI is InChI=1S/C44H50Cl2O14S2/c1-23(26-13-9-7-10-14-26)34(58-40(53)55-17-18-61-62-21-31(45)46)39(52)57-28-20-44(54)37(59-38(51)27-15-11-8-12-16-27)35-42(6,36(50)33(49)32(24(28)2)41(44,4)5)29(48)19-30-43(35,22-56-30)60-25(3)47/h7-16,21,23,28-30,33-35,37,48-49,54H,17-20,22H2,1-6H3/t23-,28-,29-,30?,33+,34?,35?,37?,42?,43?,44-/m0/s1. The van der Waals surface area contributed by atoms with Crippen molar-refractivity contribution in [3.8, 4) is 0 Å². The van der Waals surface area contributed by atoms with E-state index in [0.29, 0.717) is 11.3 Å². The summed E-state index contributed by atoms with van der Waals surface area (Å²) in [4.78, 5) is 69.8. The van der Waals surface area contributed by atoms with E-state index in [9.17, 15) is 34.5 Å². The van der Waals surface area contributed by atoms with E-state index in [1.54, 1.807) is 69.3 Å². The van der Waals surface area contributed by atoms with Gasteiger partial charge in [0.1, 0.15) is 41.1 Å². The minimum Gasteiger partial charge on any atom is -0.455 e. The van der Waals surface area contributed by atoms with Crippen LogP contribution in [0.3, 0.4) is 0 Å². The van der Waals surface area contributed by atoms with Gasteiger partial charge in [-0.05, 0) is 42.7 Å². The smallest absolute Gasteiger partial charge is 0.455 e. The maximum atomic E-state index is 15.0. The van der Waals surface area contributed by atoms with Gasteiger partial charge in [-0.3, -0.25) is 9.59 Å². The molecule has 14 nitrogen and oxygen atoms in total. The van der Waals surface area contributed by atoms with Crippen LogP contribution >= 0.6 is 44.8 Å². The fraction of sp³-hybridized carbons (Fsp3) is 0.523. The molecule has 6 rings (SSSR count). The van der Waals surface area contributed by atoms with E-state index in [4.69, 9.17) is 51.6 Å². The molecule has 0 aromatic heterocycles. The van der Waals surface area contributed by atoms with Crippen LogP contribution in [0, 0.1) is 16.7 Å². The summed E-state index contributed by atoms with van der Waals surface area (Å²) in [5.74, 6) is -5.61. The molecule has 1 heterocycles. The van der Waals surface area contributed by atoms with Gasteiger partial charge >= 0.3 is 24.1 Å². The Balaban J connectivity index is 1.43. The van der Waals surface area contributed by atoms with Crippen molar-refractivity contribution in [3.63, 3.8) is 0 Å². The molecule has 2 aromatic rings. The molecule has 62 heavy (non-hydrogen) atoms. The van der Waals surface area contributed by atoms with Crippen LogP contribution in [0.4, 0.5) is 4.79 Å². The van der Waals surface area contributed by atoms with E-state index in [1.807, 2.05) is 0 Å². The summed E-state index contributed by atoms with van der Waals surface area (Å²) in [5.41, 5.74) is -6.84. The number of aliphatic hydroxyl groups excluding tert-OH is 2. The van der Waals surface area contributed by atoms with Crippen LogP contribution in [0.2, 0.25) is 0 Å². The summed E-state index contributed by atoms with van der Waals surface area (Å²) < 4.78 is 35.4. The maximum absolute atomic E-state index is 15.0. The lowest BCUT2D eigenvalue weighted by Gasteiger charge is -2.67. The van der Waals surface area contributed by atoms with E-state index in [-0.39, 0.29) is 40.8 Å². The zero-order chi connectivity index (χ0) is 45.4. The highest BCUT2D eigenvalue weighted by Crippen LogP contribution is 2.64. The number of ether oxygens (including phenoxy) is 6. The quantitative estimate of drug-likeness (QED) is 0.0636. The monoisotopic (exact) mass is 936 g/mol. The van der Waals surface area contributed by atoms with Crippen LogP contribution in [-0.4, -0.2) is 112 Å². The Kier molecular flexibility index (Phi) is 14.6. The van der Waals surface area contributed by atoms with E-state index < -0.39 is 107 Å². The fourth-order valence-corrected chi connectivity index (χ4v) is 11.6. The SMILES string of the molecule is CC(=O)OC12COC1C[C@H](O)C1(C)C(=O)[C@H](O)C3=C(C)[C@@H](OC(=O)C(OC(=O)OCCSSC=C(Cl)Cl)[C@@H](C)c4ccccc4)C[C@](O)(C(OC(=O)c4ccccc4)C21)C3(C)C. The van der Waals surface area contributed by atoms with Crippen molar-refractivity contribution >= 4 is 74.6 Å². The third-order valence-corrected chi connectivity index (χ3v) is 15.5. The summed E-state index contributed by atoms with van der Waals surface area (Å²) in [7, 11) is 2.53. The van der Waals surface area contributed by atoms with Crippen LogP contribution in [0.1, 0.15) is 76.2 Å². The number of Topliss-reactive ketones (excluding diaryl/α,β-unsaturated/α-hetero) is 1. The zero-order valence-electron chi connectivity index (χ0n) is 34.9. The average Bonchev–Trinajstić information content (AvgIpc) is 3.22. The predicted molar refractivity (Wildman–Crippen MR) is 230 cm³/mol. The van der Waals surface area contributed by atoms with Crippen molar-refractivity contribution in [3.05, 3.63) is 92.8 Å². The maximum Gasteiger partial charge on any atom is 0.509 e. The van der Waals surface area contributed by atoms with E-state index >= 15 is 4.79 Å². The number of halogens is 2. The molecule has 2 bridgehead atoms. The van der Waals surface area contributed by atoms with Crippen LogP contribution in [0.5, 0.6) is 0 Å². The molecule has 0 spiro atoms. The number of hydrogen-bond donors (Lipinski definition) is 3. The van der Waals surface area contributed by atoms with E-state index in [1.165, 1.54) is 53.0 Å². The molecular formula is C44H50Cl2O14S2. The van der Waals surface area contributed by atoms with Crippen LogP contribution in [0.15, 0.2) is 81.7 Å². The Morgan fingerprint density at radius 3 is 2.24 bits per heavy atom. The van der Waals surface area contributed by atoms with Crippen LogP contribution < -0.4 is 0 Å². The number of rotatable bonds is 13. The Labute approximate surface area is 377 Å². The summed E-state index contributed by atoms with van der Waals surface area (Å²) in [6.45, 7) is 8.51. The van der Waals surface area contributed by atoms with Gasteiger partial charge < -0.3 is 43.7 Å². The molecule has 2 aromatic carbocycles. The lowest BCUT2D eigenvalue weighted by molar-refractivity contribution is -0.346. The zero-order valence-corrected chi connectivity index (χ0v) is 38.1. The third-order valence-electron chi connectivity index (χ3n) is 13.0. The number of aliphatic hydroxyl groups is 3. The highest BCUT2D eigenvalue weighted by atomic mass is 35.5. The largest absolute Gasteiger partial charge is 0.509 e. The Morgan fingerprint density at radius 2 is 1.65 bits per heavy atom. The first-order chi connectivity index (χ1) is 29.2. The molecule has 11 atom stereocenters. The Bertz CT molecular complexity index is 2100. The normalized spacial score (nSPS) is 31.9. The van der Waals surface area contributed by atoms with Gasteiger partial charge in [0, 0.05) is 42.3 Å². The van der Waals surface area contributed by atoms with Crippen molar-refractivity contribution in [1.29, 1.82) is 0 Å². The van der Waals surface area contributed by atoms with Crippen molar-refractivity contribution in [1.82, 2.24) is 0 Å². The first-order valence-electron chi connectivity index (χ1n) is 20.0. The van der Waals surface area contributed by atoms with Crippen molar-refractivity contribution < 1.29 is 67.7 Å². The van der Waals surface area contributed by atoms with Crippen molar-refractivity contribution in [2.24, 2.45) is 16.7 Å². The minimum atomic E-state index is -2.34. The van der Waals surface area contributed by atoms with Gasteiger partial charge in [-0.25, -0.2) is 14.4 Å². The number of hydrogen-bond acceptors (Lipinski definition) is 16. The number of benzene rings is 2. The molecule has 3 aliphatic carbocycles. The fourth-order valence-electron chi connectivity index (χ4n) is 9.68. The van der Waals surface area contributed by atoms with Gasteiger partial charge in [0.05, 0.1) is 29.6 Å². The predicted octanol–water partition coefficient (Wildman–Crippen LogP) is 6.62. The van der Waals surface area contributed by atoms with Crippen LogP contribution in [-0.2, 0) is 42.8 Å². The van der Waals surface area contributed by atoms with Gasteiger partial charge in [0.25, 0.3) is 0 Å². The van der Waals surface area contributed by atoms with Crippen molar-refractivity contribution in [2.75, 3.05) is 19.0 Å². The molecule has 1 aliphatic heterocycles. The van der Waals surface area contributed by atoms with E-state index in [0.717, 1.165) is 6.92 Å². The highest BCUT2D eigenvalue weighted by molar-refractivity contribution is 8.77. The molecule has 3 N–H and O–H groups in total. The lowest BCUT2D eigenvalue weighted by atomic mass is 9.44. The lowest BCUT2D eigenvalue weighted by Crippen LogP contribution is -2.81. The molecule has 4 aliphatic rings. The summed E-state index contributed by atoms with van der Waals surface area (Å²) in [5, 5.41) is 39.2. The number of carbonyl (C=O) groups excluding carboxylic acids is 5. The molecule has 1 saturated heterocycles. The van der Waals surface area contributed by atoms with Gasteiger partial charge in [0.2, 0.25) is 6.10 Å². The Morgan fingerprint density at radius 1 is 1.00 bits per heavy atom. The van der Waals surface area contributed by atoms with Crippen molar-refractivity contribution in [2.45, 2.75) is 108 Å². The van der Waals surface area contributed by atoms with Gasteiger partial charge in [-0.1, -0.05) is 114 Å². The van der Waals surface area contributed by atoms with Gasteiger partial charge in [-0.2, -0.15) is 0 Å². The average molecular weight is 938 g/mol. The summed E-state index contributed by atoms with van der Waals surface area (Å²) >= 11 is 11.3. The number of fused-ring (bicyclic) bond motifs is 5. The number of esters is 3. The summed E-state index contributed by atoms with van der Waals surface area (Å²) in [6.07, 6.45) is -11.2. The molecule has 18 heteroatoms. The summed E-state index contributed by atoms with van der Waals surface area (Å²) in [6, 6.07) is 16.6. The van der Waals surface area contributed by atoms with Gasteiger partial charge in [-0.15, -0.1) is 0 Å². The molecule has 0 amide bonds. The first kappa shape index (κ1) is 47.9. The Hall–Kier alpha value is -3.61. The number of ketones is 1.